The molecule has 0 aliphatic heterocycles. The fourth-order valence-corrected chi connectivity index (χ4v) is 0.771. The third-order valence-corrected chi connectivity index (χ3v) is 1.31. The first kappa shape index (κ1) is 10.4. The molecular formula is C8H12N4. The molecule has 0 radical (unpaired) electrons. The van der Waals surface area contributed by atoms with Gasteiger partial charge in [0.25, 0.3) is 0 Å². The summed E-state index contributed by atoms with van der Waals surface area (Å²) < 4.78 is 0. The highest BCUT2D eigenvalue weighted by atomic mass is 15.0. The van der Waals surface area contributed by atoms with Crippen molar-refractivity contribution in [3.05, 3.63) is 11.6 Å². The van der Waals surface area contributed by atoms with Crippen LogP contribution in [0.4, 0.5) is 0 Å². The van der Waals surface area contributed by atoms with Crippen molar-refractivity contribution in [2.45, 2.75) is 20.3 Å². The predicted molar refractivity (Wildman–Crippen MR) is 49.0 cm³/mol. The number of aliphatic imine (C=N–C) groups is 1. The zero-order valence-corrected chi connectivity index (χ0v) is 7.26. The van der Waals surface area contributed by atoms with Gasteiger partial charge in [0.05, 0.1) is 11.3 Å². The van der Waals surface area contributed by atoms with Crippen LogP contribution in [0.5, 0.6) is 0 Å². The number of hydrogen-bond acceptors (Lipinski definition) is 2. The van der Waals surface area contributed by atoms with Crippen molar-refractivity contribution in [2.24, 2.45) is 10.7 Å². The monoisotopic (exact) mass is 164 g/mol. The lowest BCUT2D eigenvalue weighted by Gasteiger charge is -1.98. The lowest BCUT2D eigenvalue weighted by atomic mass is 10.1. The van der Waals surface area contributed by atoms with Crippen LogP contribution in [0, 0.1) is 16.7 Å². The minimum atomic E-state index is -0.263. The average Bonchev–Trinajstić information content (AvgIpc) is 2.04. The van der Waals surface area contributed by atoms with E-state index in [0.717, 1.165) is 0 Å². The molecule has 0 aliphatic carbocycles. The molecular weight excluding hydrogens is 152 g/mol. The van der Waals surface area contributed by atoms with E-state index in [9.17, 15) is 0 Å². The van der Waals surface area contributed by atoms with Gasteiger partial charge in [-0.1, -0.05) is 13.0 Å². The SMILES string of the molecule is C/C=C(C#N)\C(CC)=N/C(=N)N. The summed E-state index contributed by atoms with van der Waals surface area (Å²) >= 11 is 0. The molecule has 64 valence electrons. The minimum Gasteiger partial charge on any atom is -0.368 e. The smallest absolute Gasteiger partial charge is 0.212 e. The molecule has 3 N–H and O–H groups in total. The van der Waals surface area contributed by atoms with Crippen molar-refractivity contribution in [2.75, 3.05) is 0 Å². The topological polar surface area (TPSA) is 86.0 Å². The molecule has 0 heterocycles. The van der Waals surface area contributed by atoms with Gasteiger partial charge in [0.2, 0.25) is 5.96 Å². The average molecular weight is 164 g/mol. The van der Waals surface area contributed by atoms with Crippen LogP contribution in [-0.2, 0) is 0 Å². The van der Waals surface area contributed by atoms with Gasteiger partial charge >= 0.3 is 0 Å². The van der Waals surface area contributed by atoms with Crippen LogP contribution in [0.3, 0.4) is 0 Å². The third-order valence-electron chi connectivity index (χ3n) is 1.31. The molecule has 0 bridgehead atoms. The number of rotatable bonds is 2. The summed E-state index contributed by atoms with van der Waals surface area (Å²) in [7, 11) is 0. The van der Waals surface area contributed by atoms with E-state index in [1.807, 2.05) is 13.0 Å². The fraction of sp³-hybridized carbons (Fsp3) is 0.375. The van der Waals surface area contributed by atoms with E-state index < -0.39 is 0 Å². The normalized spacial score (nSPS) is 12.4. The van der Waals surface area contributed by atoms with Gasteiger partial charge in [-0.2, -0.15) is 5.26 Å². The largest absolute Gasteiger partial charge is 0.368 e. The number of allylic oxidation sites excluding steroid dienone is 2. The molecule has 0 spiro atoms. The van der Waals surface area contributed by atoms with E-state index in [-0.39, 0.29) is 5.96 Å². The Morgan fingerprint density at radius 3 is 2.58 bits per heavy atom. The number of nitriles is 1. The Bertz CT molecular complexity index is 267. The molecule has 0 aromatic rings. The lowest BCUT2D eigenvalue weighted by Crippen LogP contribution is -2.11. The molecule has 4 heteroatoms. The lowest BCUT2D eigenvalue weighted by molar-refractivity contribution is 1.25. The van der Waals surface area contributed by atoms with Crippen LogP contribution in [-0.4, -0.2) is 11.7 Å². The second-order valence-corrected chi connectivity index (χ2v) is 2.11. The summed E-state index contributed by atoms with van der Waals surface area (Å²) in [5.41, 5.74) is 6.12. The van der Waals surface area contributed by atoms with Gasteiger partial charge in [-0.3, -0.25) is 5.41 Å². The van der Waals surface area contributed by atoms with E-state index in [1.54, 1.807) is 13.0 Å². The number of hydrogen-bond donors (Lipinski definition) is 2. The first-order chi connectivity index (χ1) is 5.65. The van der Waals surface area contributed by atoms with Crippen molar-refractivity contribution >= 4 is 11.7 Å². The molecule has 0 rings (SSSR count). The van der Waals surface area contributed by atoms with Gasteiger partial charge in [-0.25, -0.2) is 4.99 Å². The van der Waals surface area contributed by atoms with Crippen LogP contribution >= 0.6 is 0 Å². The first-order valence-corrected chi connectivity index (χ1v) is 3.64. The van der Waals surface area contributed by atoms with Gasteiger partial charge in [0.15, 0.2) is 0 Å². The molecule has 0 atom stereocenters. The number of nitrogens with one attached hydrogen (secondary N) is 1. The molecule has 0 saturated carbocycles. The highest BCUT2D eigenvalue weighted by Crippen LogP contribution is 2.00. The quantitative estimate of drug-likeness (QED) is 0.365. The van der Waals surface area contributed by atoms with Gasteiger partial charge in [-0.05, 0) is 13.3 Å². The van der Waals surface area contributed by atoms with E-state index in [2.05, 4.69) is 4.99 Å². The maximum Gasteiger partial charge on any atom is 0.212 e. The molecule has 12 heavy (non-hydrogen) atoms. The Balaban J connectivity index is 4.81. The molecule has 0 aromatic carbocycles. The van der Waals surface area contributed by atoms with Crippen molar-refractivity contribution in [1.29, 1.82) is 10.7 Å². The zero-order valence-electron chi connectivity index (χ0n) is 7.26. The van der Waals surface area contributed by atoms with Gasteiger partial charge in [-0.15, -0.1) is 0 Å². The van der Waals surface area contributed by atoms with Crippen LogP contribution in [0.2, 0.25) is 0 Å². The summed E-state index contributed by atoms with van der Waals surface area (Å²) in [6, 6.07) is 1.99. The second-order valence-electron chi connectivity index (χ2n) is 2.11. The van der Waals surface area contributed by atoms with Crippen molar-refractivity contribution in [3.63, 3.8) is 0 Å². The fourth-order valence-electron chi connectivity index (χ4n) is 0.771. The zero-order chi connectivity index (χ0) is 9.56. The van der Waals surface area contributed by atoms with Gasteiger partial charge in [0, 0.05) is 0 Å². The molecule has 0 amide bonds. The predicted octanol–water partition coefficient (Wildman–Crippen LogP) is 1.20. The molecule has 0 fully saturated rings. The summed E-state index contributed by atoms with van der Waals surface area (Å²) in [6.45, 7) is 3.62. The molecule has 0 aliphatic rings. The molecule has 0 aromatic heterocycles. The second kappa shape index (κ2) is 5.08. The number of nitrogens with zero attached hydrogens (tertiary/aromatic N) is 2. The number of nitrogens with two attached hydrogens (primary N) is 1. The molecule has 0 saturated heterocycles. The Hall–Kier alpha value is -1.63. The maximum absolute atomic E-state index is 8.63. The Morgan fingerprint density at radius 1 is 1.75 bits per heavy atom. The molecule has 4 nitrogen and oxygen atoms in total. The highest BCUT2D eigenvalue weighted by Gasteiger charge is 2.02. The number of guanidine groups is 1. The van der Waals surface area contributed by atoms with E-state index in [4.69, 9.17) is 16.4 Å². The summed E-state index contributed by atoms with van der Waals surface area (Å²) in [4.78, 5) is 3.72. The van der Waals surface area contributed by atoms with Crippen molar-refractivity contribution in [3.8, 4) is 6.07 Å². The van der Waals surface area contributed by atoms with Gasteiger partial charge < -0.3 is 5.73 Å². The molecule has 0 unspecified atom stereocenters. The minimum absolute atomic E-state index is 0.263. The van der Waals surface area contributed by atoms with E-state index in [0.29, 0.717) is 17.7 Å². The Kier molecular flexibility index (Phi) is 4.39. The first-order valence-electron chi connectivity index (χ1n) is 3.64. The van der Waals surface area contributed by atoms with E-state index in [1.165, 1.54) is 0 Å². The van der Waals surface area contributed by atoms with Gasteiger partial charge in [0.1, 0.15) is 6.07 Å². The summed E-state index contributed by atoms with van der Waals surface area (Å²) in [5, 5.41) is 15.6. The van der Waals surface area contributed by atoms with E-state index >= 15 is 0 Å². The summed E-state index contributed by atoms with van der Waals surface area (Å²) in [6.07, 6.45) is 2.26. The third kappa shape index (κ3) is 2.97. The summed E-state index contributed by atoms with van der Waals surface area (Å²) in [5.74, 6) is -0.263. The standard InChI is InChI=1S/C8H12N4/c1-3-6(5-9)7(4-2)12-8(10)11/h3H,4H2,1-2H3,(H3,10,11)/b6-3-,12-7-. The van der Waals surface area contributed by atoms with Crippen LogP contribution in [0.15, 0.2) is 16.6 Å². The van der Waals surface area contributed by atoms with Crippen LogP contribution in [0.1, 0.15) is 20.3 Å². The Labute approximate surface area is 71.9 Å². The Morgan fingerprint density at radius 2 is 2.33 bits per heavy atom. The highest BCUT2D eigenvalue weighted by molar-refractivity contribution is 6.08. The maximum atomic E-state index is 8.63. The van der Waals surface area contributed by atoms with Crippen LogP contribution in [0.25, 0.3) is 0 Å². The van der Waals surface area contributed by atoms with Crippen molar-refractivity contribution < 1.29 is 0 Å². The van der Waals surface area contributed by atoms with Crippen molar-refractivity contribution in [1.82, 2.24) is 0 Å². The van der Waals surface area contributed by atoms with Crippen LogP contribution < -0.4 is 5.73 Å².